The van der Waals surface area contributed by atoms with Crippen molar-refractivity contribution in [1.82, 2.24) is 10.6 Å². The molecule has 0 fully saturated rings. The smallest absolute Gasteiger partial charge is 0.268 e. The van der Waals surface area contributed by atoms with Crippen LogP contribution in [-0.2, 0) is 4.79 Å². The van der Waals surface area contributed by atoms with Gasteiger partial charge in [0.2, 0.25) is 0 Å². The molecule has 1 unspecified atom stereocenters. The number of carbonyl (C=O) groups is 2. The Balaban J connectivity index is 1.63. The number of amides is 2. The number of ether oxygens (including phenoxy) is 4. The zero-order chi connectivity index (χ0) is 26.6. The van der Waals surface area contributed by atoms with Crippen LogP contribution in [0.15, 0.2) is 59.6 Å². The van der Waals surface area contributed by atoms with Crippen molar-refractivity contribution >= 4 is 29.2 Å². The van der Waals surface area contributed by atoms with E-state index in [9.17, 15) is 9.59 Å². The van der Waals surface area contributed by atoms with Crippen molar-refractivity contribution in [1.29, 1.82) is 0 Å². The average molecular weight is 523 g/mol. The Labute approximate surface area is 220 Å². The predicted molar refractivity (Wildman–Crippen MR) is 143 cm³/mol. The van der Waals surface area contributed by atoms with Crippen LogP contribution in [0.5, 0.6) is 23.0 Å². The van der Waals surface area contributed by atoms with Gasteiger partial charge in [-0.1, -0.05) is 6.07 Å². The molecule has 2 heterocycles. The molecule has 1 aliphatic heterocycles. The second kappa shape index (κ2) is 11.0. The molecule has 1 aliphatic rings. The van der Waals surface area contributed by atoms with Gasteiger partial charge in [0.15, 0.2) is 11.5 Å². The Morgan fingerprint density at radius 2 is 1.81 bits per heavy atom. The molecular formula is C28H30N2O6S. The van der Waals surface area contributed by atoms with E-state index in [4.69, 9.17) is 18.9 Å². The summed E-state index contributed by atoms with van der Waals surface area (Å²) in [5.74, 6) is 1.39. The van der Waals surface area contributed by atoms with Gasteiger partial charge in [0.1, 0.15) is 22.8 Å². The minimum atomic E-state index is -0.500. The Bertz CT molecular complexity index is 1320. The molecule has 194 valence electrons. The van der Waals surface area contributed by atoms with Gasteiger partial charge in [0.25, 0.3) is 11.8 Å². The van der Waals surface area contributed by atoms with Crippen LogP contribution in [0.3, 0.4) is 0 Å². The quantitative estimate of drug-likeness (QED) is 0.406. The molecule has 9 heteroatoms. The van der Waals surface area contributed by atoms with E-state index in [1.165, 1.54) is 25.6 Å². The topological polar surface area (TPSA) is 95.1 Å². The zero-order valence-electron chi connectivity index (χ0n) is 21.4. The van der Waals surface area contributed by atoms with Crippen LogP contribution in [-0.4, -0.2) is 38.7 Å². The molecule has 4 rings (SSSR count). The zero-order valence-corrected chi connectivity index (χ0v) is 22.2. The molecule has 2 amide bonds. The number of rotatable bonds is 8. The van der Waals surface area contributed by atoms with E-state index in [-0.39, 0.29) is 11.7 Å². The third kappa shape index (κ3) is 6.06. The largest absolute Gasteiger partial charge is 0.497 e. The van der Waals surface area contributed by atoms with E-state index in [0.717, 1.165) is 10.4 Å². The fourth-order valence-corrected chi connectivity index (χ4v) is 4.83. The maximum absolute atomic E-state index is 13.6. The van der Waals surface area contributed by atoms with E-state index in [1.807, 2.05) is 49.6 Å². The SMILES string of the molecule is COc1ccc2c(c1)C(NC(=O)/C(=C/c1cccs1)NC(=O)c1ccc(OC)c(OC)c1)CC(C)(C)O2. The second-order valence-electron chi connectivity index (χ2n) is 9.09. The fraction of sp³-hybridized carbons (Fsp3) is 0.286. The van der Waals surface area contributed by atoms with Crippen molar-refractivity contribution in [2.24, 2.45) is 0 Å². The molecule has 8 nitrogen and oxygen atoms in total. The Kier molecular flexibility index (Phi) is 7.73. The normalized spacial score (nSPS) is 16.1. The summed E-state index contributed by atoms with van der Waals surface area (Å²) in [5, 5.41) is 7.78. The molecule has 37 heavy (non-hydrogen) atoms. The summed E-state index contributed by atoms with van der Waals surface area (Å²) in [4.78, 5) is 27.6. The van der Waals surface area contributed by atoms with Gasteiger partial charge in [-0.25, -0.2) is 0 Å². The van der Waals surface area contributed by atoms with E-state index >= 15 is 0 Å². The van der Waals surface area contributed by atoms with Gasteiger partial charge in [0.05, 0.1) is 27.4 Å². The van der Waals surface area contributed by atoms with Gasteiger partial charge in [-0.3, -0.25) is 9.59 Å². The maximum atomic E-state index is 13.6. The van der Waals surface area contributed by atoms with E-state index in [2.05, 4.69) is 10.6 Å². The Morgan fingerprint density at radius 1 is 1.03 bits per heavy atom. The molecule has 2 N–H and O–H groups in total. The van der Waals surface area contributed by atoms with E-state index in [1.54, 1.807) is 31.4 Å². The minimum Gasteiger partial charge on any atom is -0.497 e. The summed E-state index contributed by atoms with van der Waals surface area (Å²) in [6.45, 7) is 3.95. The molecule has 0 radical (unpaired) electrons. The lowest BCUT2D eigenvalue weighted by molar-refractivity contribution is -0.119. The van der Waals surface area contributed by atoms with Gasteiger partial charge in [0, 0.05) is 22.4 Å². The standard InChI is InChI=1S/C28H30N2O6S/c1-28(2)16-22(20-14-18(33-3)9-11-23(20)36-28)30-27(32)21(15-19-7-6-12-37-19)29-26(31)17-8-10-24(34-4)25(13-17)35-5/h6-15,22H,16H2,1-5H3,(H,29,31)(H,30,32)/b21-15-. The molecule has 0 saturated heterocycles. The highest BCUT2D eigenvalue weighted by Gasteiger charge is 2.35. The Hall–Kier alpha value is -3.98. The van der Waals surface area contributed by atoms with Crippen molar-refractivity contribution < 1.29 is 28.5 Å². The van der Waals surface area contributed by atoms with Crippen LogP contribution in [0.25, 0.3) is 6.08 Å². The van der Waals surface area contributed by atoms with Crippen LogP contribution in [0.1, 0.15) is 47.1 Å². The number of thiophene rings is 1. The molecule has 1 aromatic heterocycles. The van der Waals surface area contributed by atoms with Crippen LogP contribution in [0.4, 0.5) is 0 Å². The van der Waals surface area contributed by atoms with E-state index in [0.29, 0.717) is 35.0 Å². The van der Waals surface area contributed by atoms with Crippen LogP contribution >= 0.6 is 11.3 Å². The minimum absolute atomic E-state index is 0.121. The number of carbonyl (C=O) groups excluding carboxylic acids is 2. The van der Waals surface area contributed by atoms with Gasteiger partial charge >= 0.3 is 0 Å². The van der Waals surface area contributed by atoms with E-state index < -0.39 is 17.4 Å². The van der Waals surface area contributed by atoms with Crippen LogP contribution in [0.2, 0.25) is 0 Å². The first-order chi connectivity index (χ1) is 17.7. The molecule has 0 aliphatic carbocycles. The maximum Gasteiger partial charge on any atom is 0.268 e. The number of methoxy groups -OCH3 is 3. The summed E-state index contributed by atoms with van der Waals surface area (Å²) in [6, 6.07) is 13.8. The monoisotopic (exact) mass is 522 g/mol. The number of benzene rings is 2. The summed E-state index contributed by atoms with van der Waals surface area (Å²) in [5.41, 5.74) is 0.759. The lowest BCUT2D eigenvalue weighted by atomic mass is 9.89. The molecule has 0 saturated carbocycles. The summed E-state index contributed by atoms with van der Waals surface area (Å²) < 4.78 is 22.1. The van der Waals surface area contributed by atoms with Crippen molar-refractivity contribution in [3.8, 4) is 23.0 Å². The summed E-state index contributed by atoms with van der Waals surface area (Å²) >= 11 is 1.46. The number of fused-ring (bicyclic) bond motifs is 1. The first kappa shape index (κ1) is 26.1. The van der Waals surface area contributed by atoms with Crippen molar-refractivity contribution in [2.45, 2.75) is 31.9 Å². The van der Waals surface area contributed by atoms with Gasteiger partial charge in [-0.15, -0.1) is 11.3 Å². The Morgan fingerprint density at radius 3 is 2.49 bits per heavy atom. The number of nitrogens with one attached hydrogen (secondary N) is 2. The van der Waals surface area contributed by atoms with Crippen molar-refractivity contribution in [2.75, 3.05) is 21.3 Å². The molecule has 0 spiro atoms. The van der Waals surface area contributed by atoms with Gasteiger partial charge in [-0.2, -0.15) is 0 Å². The lowest BCUT2D eigenvalue weighted by Crippen LogP contribution is -2.43. The first-order valence-corrected chi connectivity index (χ1v) is 12.6. The third-order valence-electron chi connectivity index (χ3n) is 5.95. The third-order valence-corrected chi connectivity index (χ3v) is 6.77. The van der Waals surface area contributed by atoms with Crippen LogP contribution in [0, 0.1) is 0 Å². The van der Waals surface area contributed by atoms with Crippen LogP contribution < -0.4 is 29.6 Å². The van der Waals surface area contributed by atoms with Crippen molar-refractivity contribution in [3.05, 3.63) is 75.6 Å². The highest BCUT2D eigenvalue weighted by Crippen LogP contribution is 2.41. The first-order valence-electron chi connectivity index (χ1n) is 11.7. The average Bonchev–Trinajstić information content (AvgIpc) is 3.40. The van der Waals surface area contributed by atoms with Gasteiger partial charge < -0.3 is 29.6 Å². The van der Waals surface area contributed by atoms with Gasteiger partial charge in [-0.05, 0) is 67.8 Å². The van der Waals surface area contributed by atoms with Crippen molar-refractivity contribution in [3.63, 3.8) is 0 Å². The second-order valence-corrected chi connectivity index (χ2v) is 10.1. The predicted octanol–water partition coefficient (Wildman–Crippen LogP) is 4.96. The fourth-order valence-electron chi connectivity index (χ4n) is 4.17. The number of hydrogen-bond acceptors (Lipinski definition) is 7. The number of hydrogen-bond donors (Lipinski definition) is 2. The molecular weight excluding hydrogens is 492 g/mol. The lowest BCUT2D eigenvalue weighted by Gasteiger charge is -2.38. The molecule has 1 atom stereocenters. The molecule has 2 aromatic carbocycles. The highest BCUT2D eigenvalue weighted by molar-refractivity contribution is 7.10. The summed E-state index contributed by atoms with van der Waals surface area (Å²) in [7, 11) is 4.61. The highest BCUT2D eigenvalue weighted by atomic mass is 32.1. The molecule has 3 aromatic rings. The molecule has 0 bridgehead atoms. The summed E-state index contributed by atoms with van der Waals surface area (Å²) in [6.07, 6.45) is 2.20.